The molecule has 1 aliphatic carbocycles. The van der Waals surface area contributed by atoms with Crippen LogP contribution in [0.25, 0.3) is 0 Å². The molecular formula is C13H20N4S. The van der Waals surface area contributed by atoms with Gasteiger partial charge in [-0.05, 0) is 44.3 Å². The van der Waals surface area contributed by atoms with Crippen molar-refractivity contribution < 1.29 is 0 Å². The van der Waals surface area contributed by atoms with E-state index in [2.05, 4.69) is 10.4 Å². The number of hydrogen-bond acceptors (Lipinski definition) is 5. The lowest BCUT2D eigenvalue weighted by Crippen LogP contribution is -2.19. The van der Waals surface area contributed by atoms with Crippen LogP contribution in [0.4, 0.5) is 5.82 Å². The van der Waals surface area contributed by atoms with Gasteiger partial charge in [-0.1, -0.05) is 6.42 Å². The van der Waals surface area contributed by atoms with Crippen molar-refractivity contribution in [1.29, 1.82) is 0 Å². The third kappa shape index (κ3) is 2.34. The molecule has 1 fully saturated rings. The Hall–Kier alpha value is -0.810. The lowest BCUT2D eigenvalue weighted by molar-refractivity contribution is 0.630. The second kappa shape index (κ2) is 5.45. The van der Waals surface area contributed by atoms with Crippen LogP contribution in [-0.2, 0) is 12.8 Å². The topological polar surface area (TPSA) is 63.8 Å². The van der Waals surface area contributed by atoms with Crippen LogP contribution in [0.1, 0.15) is 54.4 Å². The molecule has 1 saturated heterocycles. The molecular weight excluding hydrogens is 244 g/mol. The van der Waals surface area contributed by atoms with Crippen molar-refractivity contribution in [2.45, 2.75) is 50.2 Å². The van der Waals surface area contributed by atoms with Gasteiger partial charge in [0.1, 0.15) is 11.6 Å². The van der Waals surface area contributed by atoms with Crippen LogP contribution < -0.4 is 11.3 Å². The minimum atomic E-state index is 0.470. The first-order valence-electron chi connectivity index (χ1n) is 6.86. The van der Waals surface area contributed by atoms with Crippen LogP contribution in [0.2, 0.25) is 0 Å². The van der Waals surface area contributed by atoms with E-state index in [0.29, 0.717) is 5.25 Å². The van der Waals surface area contributed by atoms with Crippen molar-refractivity contribution in [2.75, 3.05) is 11.2 Å². The molecule has 3 N–H and O–H groups in total. The number of nitrogens with zero attached hydrogens (tertiary/aromatic N) is 2. The highest BCUT2D eigenvalue weighted by Crippen LogP contribution is 2.38. The Bertz CT molecular complexity index is 412. The first-order valence-corrected chi connectivity index (χ1v) is 7.91. The van der Waals surface area contributed by atoms with E-state index < -0.39 is 0 Å². The Morgan fingerprint density at radius 2 is 2.00 bits per heavy atom. The minimum absolute atomic E-state index is 0.470. The largest absolute Gasteiger partial charge is 0.308 e. The summed E-state index contributed by atoms with van der Waals surface area (Å²) in [6, 6.07) is 0. The van der Waals surface area contributed by atoms with Crippen LogP contribution in [0.3, 0.4) is 0 Å². The molecule has 0 radical (unpaired) electrons. The van der Waals surface area contributed by atoms with Gasteiger partial charge in [0.05, 0.1) is 5.25 Å². The summed E-state index contributed by atoms with van der Waals surface area (Å²) in [7, 11) is 0. The minimum Gasteiger partial charge on any atom is -0.308 e. The molecule has 1 aromatic rings. The Morgan fingerprint density at radius 1 is 1.11 bits per heavy atom. The third-order valence-corrected chi connectivity index (χ3v) is 5.18. The average Bonchev–Trinajstić information content (AvgIpc) is 2.47. The van der Waals surface area contributed by atoms with Crippen LogP contribution in [-0.4, -0.2) is 15.7 Å². The molecule has 1 aromatic heterocycles. The number of thioether (sulfide) groups is 1. The molecule has 0 bridgehead atoms. The molecule has 3 rings (SSSR count). The number of nitrogens with two attached hydrogens (primary N) is 1. The van der Waals surface area contributed by atoms with Crippen LogP contribution in [0.15, 0.2) is 0 Å². The number of anilines is 1. The van der Waals surface area contributed by atoms with E-state index in [1.165, 1.54) is 49.1 Å². The maximum Gasteiger partial charge on any atom is 0.147 e. The van der Waals surface area contributed by atoms with Gasteiger partial charge in [-0.2, -0.15) is 11.8 Å². The van der Waals surface area contributed by atoms with Gasteiger partial charge < -0.3 is 5.43 Å². The van der Waals surface area contributed by atoms with Crippen molar-refractivity contribution in [2.24, 2.45) is 5.84 Å². The maximum absolute atomic E-state index is 5.63. The Morgan fingerprint density at radius 3 is 2.78 bits per heavy atom. The predicted octanol–water partition coefficient (Wildman–Crippen LogP) is 2.60. The summed E-state index contributed by atoms with van der Waals surface area (Å²) in [6.07, 6.45) is 8.43. The lowest BCUT2D eigenvalue weighted by Gasteiger charge is -2.24. The fraction of sp³-hybridized carbons (Fsp3) is 0.692. The summed E-state index contributed by atoms with van der Waals surface area (Å²) >= 11 is 1.99. The summed E-state index contributed by atoms with van der Waals surface area (Å²) in [5, 5.41) is 0.470. The zero-order chi connectivity index (χ0) is 12.4. The van der Waals surface area contributed by atoms with Gasteiger partial charge in [-0.3, -0.25) is 0 Å². The zero-order valence-corrected chi connectivity index (χ0v) is 11.4. The first-order chi connectivity index (χ1) is 8.88. The quantitative estimate of drug-likeness (QED) is 0.635. The molecule has 0 spiro atoms. The van der Waals surface area contributed by atoms with E-state index >= 15 is 0 Å². The van der Waals surface area contributed by atoms with Crippen LogP contribution in [0, 0.1) is 0 Å². The van der Waals surface area contributed by atoms with E-state index in [-0.39, 0.29) is 0 Å². The highest BCUT2D eigenvalue weighted by Gasteiger charge is 2.23. The molecule has 1 atom stereocenters. The van der Waals surface area contributed by atoms with Crippen molar-refractivity contribution in [3.05, 3.63) is 17.1 Å². The number of hydrogen-bond donors (Lipinski definition) is 2. The van der Waals surface area contributed by atoms with Crippen LogP contribution in [0.5, 0.6) is 0 Å². The highest BCUT2D eigenvalue weighted by molar-refractivity contribution is 7.99. The molecule has 18 heavy (non-hydrogen) atoms. The normalized spacial score (nSPS) is 23.5. The third-order valence-electron chi connectivity index (χ3n) is 3.80. The first kappa shape index (κ1) is 12.2. The fourth-order valence-corrected chi connectivity index (χ4v) is 4.06. The number of aryl methyl sites for hydroxylation is 1. The van der Waals surface area contributed by atoms with Gasteiger partial charge in [0, 0.05) is 11.3 Å². The van der Waals surface area contributed by atoms with Gasteiger partial charge in [-0.25, -0.2) is 15.8 Å². The number of nitrogen functional groups attached to an aromatic ring is 1. The summed E-state index contributed by atoms with van der Waals surface area (Å²) in [5.41, 5.74) is 5.25. The zero-order valence-electron chi connectivity index (χ0n) is 10.6. The molecule has 4 nitrogen and oxygen atoms in total. The van der Waals surface area contributed by atoms with Crippen LogP contribution >= 0.6 is 11.8 Å². The summed E-state index contributed by atoms with van der Waals surface area (Å²) in [6.45, 7) is 0. The standard InChI is InChI=1S/C13H20N4S/c14-17-12-9-5-1-2-6-10(9)15-13(16-12)11-7-3-4-8-18-11/h11H,1-8,14H2,(H,15,16,17). The molecule has 2 aliphatic rings. The number of rotatable bonds is 2. The Balaban J connectivity index is 1.94. The summed E-state index contributed by atoms with van der Waals surface area (Å²) in [5.74, 6) is 8.71. The molecule has 1 aliphatic heterocycles. The molecule has 2 heterocycles. The van der Waals surface area contributed by atoms with E-state index in [1.54, 1.807) is 0 Å². The summed E-state index contributed by atoms with van der Waals surface area (Å²) < 4.78 is 0. The molecule has 0 amide bonds. The van der Waals surface area contributed by atoms with Gasteiger partial charge in [0.25, 0.3) is 0 Å². The molecule has 98 valence electrons. The summed E-state index contributed by atoms with van der Waals surface area (Å²) in [4.78, 5) is 9.48. The van der Waals surface area contributed by atoms with Crippen molar-refractivity contribution in [1.82, 2.24) is 9.97 Å². The smallest absolute Gasteiger partial charge is 0.147 e. The lowest BCUT2D eigenvalue weighted by atomic mass is 9.96. The second-order valence-corrected chi connectivity index (χ2v) is 6.37. The maximum atomic E-state index is 5.63. The molecule has 0 saturated carbocycles. The number of aromatic nitrogens is 2. The monoisotopic (exact) mass is 264 g/mol. The number of fused-ring (bicyclic) bond motifs is 1. The van der Waals surface area contributed by atoms with E-state index in [1.807, 2.05) is 11.8 Å². The van der Waals surface area contributed by atoms with Crippen molar-refractivity contribution in [3.63, 3.8) is 0 Å². The Kier molecular flexibility index (Phi) is 3.70. The molecule has 5 heteroatoms. The van der Waals surface area contributed by atoms with E-state index in [4.69, 9.17) is 10.8 Å². The SMILES string of the molecule is NNc1nc(C2CCCCS2)nc2c1CCCC2. The van der Waals surface area contributed by atoms with Gasteiger partial charge >= 0.3 is 0 Å². The average molecular weight is 264 g/mol. The van der Waals surface area contributed by atoms with Gasteiger partial charge in [0.2, 0.25) is 0 Å². The Labute approximate surface area is 112 Å². The number of nitrogens with one attached hydrogen (secondary N) is 1. The van der Waals surface area contributed by atoms with Crippen molar-refractivity contribution >= 4 is 17.6 Å². The predicted molar refractivity (Wildman–Crippen MR) is 75.5 cm³/mol. The van der Waals surface area contributed by atoms with Crippen molar-refractivity contribution in [3.8, 4) is 0 Å². The van der Waals surface area contributed by atoms with Gasteiger partial charge in [0.15, 0.2) is 0 Å². The van der Waals surface area contributed by atoms with E-state index in [9.17, 15) is 0 Å². The number of hydrazine groups is 1. The van der Waals surface area contributed by atoms with Gasteiger partial charge in [-0.15, -0.1) is 0 Å². The molecule has 1 unspecified atom stereocenters. The highest BCUT2D eigenvalue weighted by atomic mass is 32.2. The fourth-order valence-electron chi connectivity index (χ4n) is 2.82. The molecule has 0 aromatic carbocycles. The van der Waals surface area contributed by atoms with E-state index in [0.717, 1.165) is 24.5 Å². The second-order valence-electron chi connectivity index (χ2n) is 5.06.